The van der Waals surface area contributed by atoms with Crippen LogP contribution in [0.3, 0.4) is 0 Å². The van der Waals surface area contributed by atoms with E-state index in [2.05, 4.69) is 24.8 Å². The minimum atomic E-state index is -4.78. The fourth-order valence-corrected chi connectivity index (χ4v) is 7.18. The molecule has 1 aliphatic heterocycles. The quantitative estimate of drug-likeness (QED) is 0.199. The number of methoxy groups -OCH3 is 2. The van der Waals surface area contributed by atoms with E-state index in [1.54, 1.807) is 35.6 Å². The van der Waals surface area contributed by atoms with E-state index in [1.807, 2.05) is 43.5 Å². The van der Waals surface area contributed by atoms with Crippen LogP contribution >= 0.6 is 11.3 Å². The van der Waals surface area contributed by atoms with Gasteiger partial charge in [0.05, 0.1) is 59.3 Å². The van der Waals surface area contributed by atoms with Gasteiger partial charge in [-0.15, -0.1) is 11.3 Å². The van der Waals surface area contributed by atoms with Gasteiger partial charge in [-0.3, -0.25) is 9.69 Å². The van der Waals surface area contributed by atoms with E-state index in [0.717, 1.165) is 25.4 Å². The van der Waals surface area contributed by atoms with Gasteiger partial charge in [0.2, 0.25) is 17.6 Å². The third-order valence-corrected chi connectivity index (χ3v) is 9.60. The Balaban J connectivity index is 1.24. The molecule has 1 unspecified atom stereocenters. The number of H-pyrrole nitrogens is 1. The molecule has 1 fully saturated rings. The Kier molecular flexibility index (Phi) is 8.71. The third-order valence-electron chi connectivity index (χ3n) is 8.71. The zero-order chi connectivity index (χ0) is 34.3. The second-order valence-corrected chi connectivity index (χ2v) is 13.1. The van der Waals surface area contributed by atoms with Gasteiger partial charge in [-0.2, -0.15) is 13.2 Å². The van der Waals surface area contributed by atoms with E-state index in [1.165, 1.54) is 19.2 Å². The molecular formula is C34H33F3N8O3S. The summed E-state index contributed by atoms with van der Waals surface area (Å²) in [7, 11) is 2.98. The third kappa shape index (κ3) is 6.55. The molecule has 1 atom stereocenters. The van der Waals surface area contributed by atoms with Crippen LogP contribution in [0.25, 0.3) is 33.2 Å². The number of ether oxygens (including phenoxy) is 2. The van der Waals surface area contributed by atoms with Crippen molar-refractivity contribution in [2.75, 3.05) is 33.9 Å². The maximum Gasteiger partial charge on any atom is 0.449 e. The number of carbonyl (C=O) groups is 1. The molecule has 0 bridgehead atoms. The van der Waals surface area contributed by atoms with Gasteiger partial charge in [0.1, 0.15) is 18.1 Å². The molecule has 49 heavy (non-hydrogen) atoms. The summed E-state index contributed by atoms with van der Waals surface area (Å²) in [5, 5.41) is 1.88. The number of nitrogens with zero attached hydrogens (tertiary/aromatic N) is 7. The van der Waals surface area contributed by atoms with E-state index < -0.39 is 30.5 Å². The topological polar surface area (TPSA) is 114 Å². The van der Waals surface area contributed by atoms with Crippen LogP contribution in [0.5, 0.6) is 11.6 Å². The van der Waals surface area contributed by atoms with Crippen LogP contribution in [0, 0.1) is 6.92 Å². The van der Waals surface area contributed by atoms with Gasteiger partial charge in [-0.05, 0) is 37.6 Å². The number of aromatic nitrogens is 6. The van der Waals surface area contributed by atoms with Crippen LogP contribution < -0.4 is 9.47 Å². The van der Waals surface area contributed by atoms with Crippen LogP contribution in [0.4, 0.5) is 13.2 Å². The highest BCUT2D eigenvalue weighted by Gasteiger charge is 2.39. The maximum absolute atomic E-state index is 14.3. The predicted octanol–water partition coefficient (Wildman–Crippen LogP) is 6.25. The molecule has 1 saturated heterocycles. The highest BCUT2D eigenvalue weighted by molar-refractivity contribution is 7.11. The molecule has 0 spiro atoms. The minimum Gasteiger partial charge on any atom is -0.497 e. The first kappa shape index (κ1) is 32.5. The summed E-state index contributed by atoms with van der Waals surface area (Å²) in [6.45, 7) is 3.44. The first-order chi connectivity index (χ1) is 23.6. The summed E-state index contributed by atoms with van der Waals surface area (Å²) in [4.78, 5) is 40.2. The Labute approximate surface area is 283 Å². The molecular weight excluding hydrogens is 657 g/mol. The predicted molar refractivity (Wildman–Crippen MR) is 178 cm³/mol. The van der Waals surface area contributed by atoms with Gasteiger partial charge in [-0.1, -0.05) is 18.2 Å². The molecule has 0 saturated carbocycles. The van der Waals surface area contributed by atoms with Gasteiger partial charge in [0.15, 0.2) is 0 Å². The Bertz CT molecular complexity index is 2140. The Hall–Kier alpha value is -5.02. The van der Waals surface area contributed by atoms with Crippen molar-refractivity contribution in [3.63, 3.8) is 0 Å². The number of para-hydroxylation sites is 1. The van der Waals surface area contributed by atoms with E-state index in [-0.39, 0.29) is 17.6 Å². The van der Waals surface area contributed by atoms with Gasteiger partial charge in [0.25, 0.3) is 0 Å². The molecule has 1 aliphatic rings. The second-order valence-electron chi connectivity index (χ2n) is 11.8. The fourth-order valence-electron chi connectivity index (χ4n) is 6.34. The lowest BCUT2D eigenvalue weighted by atomic mass is 10.1. The number of hydrogen-bond donors (Lipinski definition) is 1. The molecule has 7 rings (SSSR count). The number of aromatic amines is 1. The largest absolute Gasteiger partial charge is 0.497 e. The number of thiazole rings is 1. The highest BCUT2D eigenvalue weighted by Crippen LogP contribution is 2.35. The van der Waals surface area contributed by atoms with E-state index in [0.29, 0.717) is 54.8 Å². The summed E-state index contributed by atoms with van der Waals surface area (Å²) in [6.07, 6.45) is -0.760. The standard InChI is InChI=1S/C34H33F3N8O3S/c1-20-38-16-23(49-20)18-43-11-10-28(31-39-17-27(40-31)24-14-21-6-4-5-7-25(21)41-32(24)48-3)44(13-12-43)30(46)19-45-29-15-22(47-2)8-9-26(29)42-33(45)34(35,36)37/h4-9,14-17,28H,10-13,18-19H2,1-3H3,(H,39,40). The molecule has 0 aliphatic carbocycles. The van der Waals surface area contributed by atoms with E-state index in [4.69, 9.17) is 14.5 Å². The first-order valence-electron chi connectivity index (χ1n) is 15.6. The van der Waals surface area contributed by atoms with Crippen molar-refractivity contribution in [1.29, 1.82) is 0 Å². The maximum atomic E-state index is 14.3. The lowest BCUT2D eigenvalue weighted by Crippen LogP contribution is -2.39. The van der Waals surface area contributed by atoms with Crippen LogP contribution in [0.15, 0.2) is 60.9 Å². The Morgan fingerprint density at radius 1 is 1.00 bits per heavy atom. The van der Waals surface area contributed by atoms with Gasteiger partial charge >= 0.3 is 6.18 Å². The number of alkyl halides is 3. The lowest BCUT2D eigenvalue weighted by Gasteiger charge is -2.29. The van der Waals surface area contributed by atoms with Crippen LogP contribution in [-0.4, -0.2) is 79.0 Å². The number of pyridine rings is 1. The highest BCUT2D eigenvalue weighted by atomic mass is 32.1. The number of carbonyl (C=O) groups excluding carboxylic acids is 1. The zero-order valence-electron chi connectivity index (χ0n) is 27.0. The summed E-state index contributed by atoms with van der Waals surface area (Å²) < 4.78 is 54.6. The van der Waals surface area contributed by atoms with Gasteiger partial charge in [-0.25, -0.2) is 19.9 Å². The molecule has 1 N–H and O–H groups in total. The van der Waals surface area contributed by atoms with Crippen molar-refractivity contribution in [1.82, 2.24) is 39.3 Å². The van der Waals surface area contributed by atoms with Crippen LogP contribution in [-0.2, 0) is 24.1 Å². The molecule has 5 heterocycles. The number of hydrogen-bond acceptors (Lipinski definition) is 9. The van der Waals surface area contributed by atoms with Gasteiger partial charge in [0, 0.05) is 48.7 Å². The number of halogens is 3. The van der Waals surface area contributed by atoms with Crippen LogP contribution in [0.2, 0.25) is 0 Å². The molecule has 254 valence electrons. The molecule has 2 aromatic carbocycles. The van der Waals surface area contributed by atoms with Crippen molar-refractivity contribution in [3.8, 4) is 22.9 Å². The molecule has 0 radical (unpaired) electrons. The van der Waals surface area contributed by atoms with E-state index in [9.17, 15) is 18.0 Å². The van der Waals surface area contributed by atoms with Crippen molar-refractivity contribution in [2.24, 2.45) is 0 Å². The van der Waals surface area contributed by atoms with Crippen molar-refractivity contribution in [2.45, 2.75) is 38.7 Å². The smallest absolute Gasteiger partial charge is 0.449 e. The number of nitrogens with one attached hydrogen (secondary N) is 1. The molecule has 4 aromatic heterocycles. The normalized spacial score (nSPS) is 16.0. The first-order valence-corrected chi connectivity index (χ1v) is 16.5. The number of rotatable bonds is 8. The Morgan fingerprint density at radius 2 is 1.84 bits per heavy atom. The number of imidazole rings is 2. The van der Waals surface area contributed by atoms with Gasteiger partial charge < -0.3 is 23.9 Å². The second kappa shape index (κ2) is 13.1. The Morgan fingerprint density at radius 3 is 2.59 bits per heavy atom. The van der Waals surface area contributed by atoms with Crippen LogP contribution in [0.1, 0.15) is 34.0 Å². The van der Waals surface area contributed by atoms with E-state index >= 15 is 0 Å². The fraction of sp³-hybridized carbons (Fsp3) is 0.324. The summed E-state index contributed by atoms with van der Waals surface area (Å²) in [5.41, 5.74) is 2.40. The number of benzene rings is 2. The average Bonchev–Trinajstić information content (AvgIpc) is 3.80. The average molecular weight is 691 g/mol. The molecule has 11 nitrogen and oxygen atoms in total. The lowest BCUT2D eigenvalue weighted by molar-refractivity contribution is -0.148. The summed E-state index contributed by atoms with van der Waals surface area (Å²) >= 11 is 1.61. The van der Waals surface area contributed by atoms with Crippen molar-refractivity contribution < 1.29 is 27.4 Å². The molecule has 15 heteroatoms. The summed E-state index contributed by atoms with van der Waals surface area (Å²) in [5.74, 6) is -0.346. The zero-order valence-corrected chi connectivity index (χ0v) is 27.8. The number of fused-ring (bicyclic) bond motifs is 2. The molecule has 6 aromatic rings. The number of aryl methyl sites for hydroxylation is 1. The van der Waals surface area contributed by atoms with Crippen molar-refractivity contribution >= 4 is 39.2 Å². The summed E-state index contributed by atoms with van der Waals surface area (Å²) in [6, 6.07) is 13.6. The monoisotopic (exact) mass is 690 g/mol. The number of amides is 1. The van der Waals surface area contributed by atoms with Crippen molar-refractivity contribution in [3.05, 3.63) is 82.5 Å². The SMILES string of the molecule is COc1ccc2nc(C(F)(F)F)n(CC(=O)N3CCN(Cc4cnc(C)s4)CCC3c3ncc(-c4cc5ccccc5nc4OC)[nH]3)c2c1. The minimum absolute atomic E-state index is 0.119. The molecule has 1 amide bonds.